The van der Waals surface area contributed by atoms with Gasteiger partial charge in [-0.3, -0.25) is 18.9 Å². The Labute approximate surface area is 233 Å². The van der Waals surface area contributed by atoms with Crippen LogP contribution in [0.1, 0.15) is 6.23 Å². The van der Waals surface area contributed by atoms with Crippen LogP contribution in [-0.2, 0) is 54.8 Å². The van der Waals surface area contributed by atoms with Crippen molar-refractivity contribution in [3.63, 3.8) is 0 Å². The molecule has 1 fully saturated rings. The van der Waals surface area contributed by atoms with Crippen LogP contribution in [0.5, 0.6) is 0 Å². The van der Waals surface area contributed by atoms with E-state index in [1.807, 2.05) is 4.98 Å². The van der Waals surface area contributed by atoms with Crippen LogP contribution in [0.15, 0.2) is 11.1 Å². The van der Waals surface area contributed by atoms with Crippen LogP contribution in [0.2, 0.25) is 0 Å². The van der Waals surface area contributed by atoms with Crippen molar-refractivity contribution >= 4 is 56.2 Å². The Kier molecular flexibility index (Phi) is 10.1. The zero-order chi connectivity index (χ0) is 33.0. The summed E-state index contributed by atoms with van der Waals surface area (Å²) in [5.41, 5.74) is 3.40. The van der Waals surface area contributed by atoms with Gasteiger partial charge < -0.3 is 59.8 Å². The fourth-order valence-electron chi connectivity index (χ4n) is 3.25. The van der Waals surface area contributed by atoms with Gasteiger partial charge in [0, 0.05) is 0 Å². The number of ether oxygens (including phenoxy) is 1. The minimum Gasteiger partial charge on any atom is -0.383 e. The van der Waals surface area contributed by atoms with Crippen molar-refractivity contribution < 1.29 is 104 Å². The lowest BCUT2D eigenvalue weighted by molar-refractivity contribution is -0.359. The van der Waals surface area contributed by atoms with Gasteiger partial charge in [-0.15, -0.1) is 4.67 Å². The molecule has 3 heterocycles. The van der Waals surface area contributed by atoms with Crippen LogP contribution >= 0.6 is 39.1 Å². The number of phosphoric ester groups is 2. The zero-order valence-corrected chi connectivity index (χ0v) is 24.3. The molecule has 28 nitrogen and oxygen atoms in total. The molecule has 0 aromatic carbocycles. The number of nitrogen functional groups attached to an aromatic ring is 1. The highest BCUT2D eigenvalue weighted by molar-refractivity contribution is 7.66. The minimum atomic E-state index is -6.41. The average molecular weight is 731 g/mol. The molecule has 2 aromatic heterocycles. The van der Waals surface area contributed by atoms with Gasteiger partial charge in [-0.05, 0) is 0 Å². The first-order valence-corrected chi connectivity index (χ1v) is 17.6. The van der Waals surface area contributed by atoms with E-state index in [1.165, 1.54) is 0 Å². The molecule has 1 aliphatic rings. The fraction of sp³-hybridized carbons (Fsp3) is 0.500. The Morgan fingerprint density at radius 3 is 2.12 bits per heavy atom. The van der Waals surface area contributed by atoms with E-state index < -0.39 is 92.3 Å². The van der Waals surface area contributed by atoms with Crippen LogP contribution in [-0.4, -0.2) is 93.2 Å². The van der Waals surface area contributed by atoms with Crippen molar-refractivity contribution in [2.24, 2.45) is 0 Å². The molecule has 0 spiro atoms. The Morgan fingerprint density at radius 2 is 1.58 bits per heavy atom. The number of phosphoric acid groups is 5. The second-order valence-electron chi connectivity index (χ2n) is 7.73. The first kappa shape index (κ1) is 36.1. The first-order chi connectivity index (χ1) is 19.2. The summed E-state index contributed by atoms with van der Waals surface area (Å²) in [6.07, 6.45) is -10.8. The van der Waals surface area contributed by atoms with Crippen LogP contribution in [0.3, 0.4) is 0 Å². The van der Waals surface area contributed by atoms with Crippen molar-refractivity contribution in [1.29, 1.82) is 0 Å². The number of aromatic amines is 1. The van der Waals surface area contributed by atoms with Crippen molar-refractivity contribution in [2.75, 3.05) is 5.73 Å². The summed E-state index contributed by atoms with van der Waals surface area (Å²) in [6, 6.07) is 0. The summed E-state index contributed by atoms with van der Waals surface area (Å²) < 4.78 is 82.3. The lowest BCUT2D eigenvalue weighted by Gasteiger charge is -2.33. The normalized spacial score (nSPS) is 27.2. The number of aromatic nitrogens is 4. The molecule has 2 aromatic rings. The molecule has 3 rings (SSSR count). The second kappa shape index (κ2) is 12.1. The maximum atomic E-state index is 12.4. The number of hydrogen-bond donors (Lipinski definition) is 12. The van der Waals surface area contributed by atoms with Gasteiger partial charge in [0.25, 0.3) is 5.56 Å². The van der Waals surface area contributed by atoms with E-state index in [9.17, 15) is 57.4 Å². The van der Waals surface area contributed by atoms with Gasteiger partial charge in [-0.1, -0.05) is 0 Å². The Balaban J connectivity index is 2.11. The van der Waals surface area contributed by atoms with Gasteiger partial charge >= 0.3 is 39.1 Å². The highest BCUT2D eigenvalue weighted by atomic mass is 31.3. The summed E-state index contributed by atoms with van der Waals surface area (Å²) in [4.78, 5) is 98.5. The smallest absolute Gasteiger partial charge is 0.383 e. The number of rotatable bonds is 13. The lowest BCUT2D eigenvalue weighted by atomic mass is 10.1. The molecule has 0 amide bonds. The summed E-state index contributed by atoms with van der Waals surface area (Å²) in [7, 11) is -30.4. The van der Waals surface area contributed by atoms with E-state index in [2.05, 4.69) is 37.2 Å². The minimum absolute atomic E-state index is 0.515. The number of hydrogen-bond acceptors (Lipinski definition) is 18. The standard InChI is InChI=1S/C10H18N5O23P5/c11-9-13-5-2(6(17)14-9)12-1-15(5)7-3(16)10(18,35-39(19,20)21)4(32-7)8(33-36-40(22,23)24)34-42(28,29)38-43(30,31)37-41(25,26)27/h1,3-4,7-8,16,18H,(H,28,29)(H,30,31)(H2,19,20,21)(H2,22,23,24)(H2,25,26,27)(H3,11,13,14,17)/t3-,4+,7+,8?,10+/m0/s1. The van der Waals surface area contributed by atoms with E-state index in [0.29, 0.717) is 10.9 Å². The highest BCUT2D eigenvalue weighted by Gasteiger charge is 2.65. The summed E-state index contributed by atoms with van der Waals surface area (Å²) in [6.45, 7) is 0. The fourth-order valence-corrected chi connectivity index (χ4v) is 7.11. The van der Waals surface area contributed by atoms with Gasteiger partial charge in [-0.25, -0.2) is 32.3 Å². The molecule has 1 saturated heterocycles. The molecular weight excluding hydrogens is 713 g/mol. The molecule has 13 N–H and O–H groups in total. The second-order valence-corrected chi connectivity index (χ2v) is 14.4. The van der Waals surface area contributed by atoms with E-state index >= 15 is 0 Å². The van der Waals surface area contributed by atoms with Gasteiger partial charge in [-0.2, -0.15) is 18.5 Å². The average Bonchev–Trinajstić information content (AvgIpc) is 3.26. The van der Waals surface area contributed by atoms with Crippen molar-refractivity contribution in [1.82, 2.24) is 19.5 Å². The van der Waals surface area contributed by atoms with Gasteiger partial charge in [0.2, 0.25) is 18.0 Å². The molecule has 43 heavy (non-hydrogen) atoms. The molecule has 0 saturated carbocycles. The molecule has 3 unspecified atom stereocenters. The van der Waals surface area contributed by atoms with E-state index in [0.717, 1.165) is 0 Å². The topological polar surface area (TPSA) is 442 Å². The molecular formula is C10H18N5O23P5. The van der Waals surface area contributed by atoms with Gasteiger partial charge in [0.15, 0.2) is 29.6 Å². The van der Waals surface area contributed by atoms with Gasteiger partial charge in [0.1, 0.15) is 0 Å². The molecule has 7 atom stereocenters. The first-order valence-electron chi connectivity index (χ1n) is 9.99. The van der Waals surface area contributed by atoms with Crippen LogP contribution < -0.4 is 11.3 Å². The van der Waals surface area contributed by atoms with E-state index in [-0.39, 0.29) is 0 Å². The van der Waals surface area contributed by atoms with Crippen molar-refractivity contribution in [3.8, 4) is 0 Å². The zero-order valence-electron chi connectivity index (χ0n) is 19.8. The molecule has 0 radical (unpaired) electrons. The largest absolute Gasteiger partial charge is 0.496 e. The number of nitrogens with two attached hydrogens (primary N) is 1. The Bertz CT molecular complexity index is 1660. The quantitative estimate of drug-likeness (QED) is 0.0411. The third-order valence-electron chi connectivity index (χ3n) is 4.51. The maximum Gasteiger partial charge on any atom is 0.496 e. The number of nitrogens with one attached hydrogen (secondary N) is 1. The number of imidazole rings is 1. The Morgan fingerprint density at radius 1 is 0.977 bits per heavy atom. The molecule has 0 aliphatic carbocycles. The van der Waals surface area contributed by atoms with Crippen LogP contribution in [0.25, 0.3) is 11.2 Å². The number of fused-ring (bicyclic) bond motifs is 1. The summed E-state index contributed by atoms with van der Waals surface area (Å²) >= 11 is 0. The summed E-state index contributed by atoms with van der Waals surface area (Å²) in [5.74, 6) is -4.52. The molecule has 0 bridgehead atoms. The number of aliphatic hydroxyl groups is 2. The predicted molar refractivity (Wildman–Crippen MR) is 124 cm³/mol. The third kappa shape index (κ3) is 9.32. The van der Waals surface area contributed by atoms with E-state index in [4.69, 9.17) is 30.0 Å². The number of H-pyrrole nitrogens is 1. The molecule has 1 aliphatic heterocycles. The monoisotopic (exact) mass is 731 g/mol. The SMILES string of the molecule is Nc1nc2c(ncn2[C@@H]2O[C@H](C(OOP(=O)(O)O)OP(=O)(O)OP(=O)(O)OP(=O)(O)O)[C@](O)(OP(=O)(O)O)[C@H]2O)c(=O)[nH]1. The third-order valence-corrected chi connectivity index (χ3v) is 9.12. The summed E-state index contributed by atoms with van der Waals surface area (Å²) in [5, 5.41) is 21.8. The van der Waals surface area contributed by atoms with Crippen molar-refractivity contribution in [2.45, 2.75) is 30.5 Å². The van der Waals surface area contributed by atoms with E-state index in [1.54, 1.807) is 0 Å². The lowest BCUT2D eigenvalue weighted by Crippen LogP contribution is -2.54. The number of anilines is 1. The number of aliphatic hydroxyl groups excluding tert-OH is 1. The van der Waals surface area contributed by atoms with Crippen molar-refractivity contribution in [3.05, 3.63) is 16.7 Å². The van der Waals surface area contributed by atoms with Crippen LogP contribution in [0.4, 0.5) is 5.95 Å². The number of nitrogens with zero attached hydrogens (tertiary/aromatic N) is 3. The highest BCUT2D eigenvalue weighted by Crippen LogP contribution is 2.67. The predicted octanol–water partition coefficient (Wildman–Crippen LogP) is -3.53. The Hall–Kier alpha value is -1.38. The van der Waals surface area contributed by atoms with Gasteiger partial charge in [0.05, 0.1) is 6.33 Å². The molecule has 33 heteroatoms. The molecule has 246 valence electrons. The maximum absolute atomic E-state index is 12.4. The van der Waals surface area contributed by atoms with Crippen LogP contribution in [0, 0.1) is 0 Å².